The van der Waals surface area contributed by atoms with Crippen molar-refractivity contribution in [2.45, 2.75) is 25.8 Å². The molecule has 142 valence electrons. The van der Waals surface area contributed by atoms with E-state index >= 15 is 0 Å². The fraction of sp³-hybridized carbons (Fsp3) is 0.318. The Kier molecular flexibility index (Phi) is 5.09. The molecule has 0 saturated heterocycles. The third-order valence-electron chi connectivity index (χ3n) is 4.92. The van der Waals surface area contributed by atoms with Crippen LogP contribution in [0, 0.1) is 17.8 Å². The highest BCUT2D eigenvalue weighted by Crippen LogP contribution is 2.33. The molecule has 1 aliphatic rings. The van der Waals surface area contributed by atoms with Gasteiger partial charge in [-0.1, -0.05) is 24.0 Å². The van der Waals surface area contributed by atoms with Gasteiger partial charge in [0.15, 0.2) is 5.78 Å². The number of carbonyl (C=O) groups is 1. The fourth-order valence-electron chi connectivity index (χ4n) is 3.21. The lowest BCUT2D eigenvalue weighted by atomic mass is 10.0. The van der Waals surface area contributed by atoms with Gasteiger partial charge < -0.3 is 15.0 Å². The van der Waals surface area contributed by atoms with E-state index in [2.05, 4.69) is 21.8 Å². The van der Waals surface area contributed by atoms with Crippen molar-refractivity contribution in [1.82, 2.24) is 14.5 Å². The van der Waals surface area contributed by atoms with Gasteiger partial charge in [-0.15, -0.1) is 0 Å². The van der Waals surface area contributed by atoms with Crippen LogP contribution in [0.1, 0.15) is 40.7 Å². The molecule has 1 aromatic carbocycles. The first kappa shape index (κ1) is 18.2. The van der Waals surface area contributed by atoms with Crippen molar-refractivity contribution < 1.29 is 9.53 Å². The molecule has 1 saturated carbocycles. The first-order valence-corrected chi connectivity index (χ1v) is 9.39. The van der Waals surface area contributed by atoms with Crippen LogP contribution in [0.2, 0.25) is 0 Å². The molecule has 1 fully saturated rings. The van der Waals surface area contributed by atoms with Gasteiger partial charge in [0.1, 0.15) is 17.8 Å². The van der Waals surface area contributed by atoms with Crippen molar-refractivity contribution >= 4 is 22.6 Å². The number of ketones is 1. The zero-order valence-corrected chi connectivity index (χ0v) is 15.8. The smallest absolute Gasteiger partial charge is 0.163 e. The van der Waals surface area contributed by atoms with Gasteiger partial charge in [-0.25, -0.2) is 9.97 Å². The number of anilines is 1. The Labute approximate surface area is 163 Å². The second kappa shape index (κ2) is 7.83. The topological polar surface area (TPSA) is 83.0 Å². The van der Waals surface area contributed by atoms with Crippen LogP contribution in [0.4, 0.5) is 5.82 Å². The highest BCUT2D eigenvalue weighted by molar-refractivity contribution is 5.96. The monoisotopic (exact) mass is 374 g/mol. The Balaban J connectivity index is 1.66. The van der Waals surface area contributed by atoms with Gasteiger partial charge in [0, 0.05) is 37.4 Å². The van der Waals surface area contributed by atoms with Crippen LogP contribution >= 0.6 is 0 Å². The molecular formula is C22H22N4O2. The molecule has 0 aliphatic heterocycles. The standard InChI is InChI=1S/C22H22N4O2/c1-28-10-9-26-13-18(20-21(23)24-14-25-22(20)26)8-7-15-3-2-4-17(11-15)19(27)12-16-5-6-16/h2-4,11,13-14,16H,5-6,9-10,12H2,1H3,(H2,23,24,25). The van der Waals surface area contributed by atoms with Crippen LogP contribution in [-0.2, 0) is 11.3 Å². The summed E-state index contributed by atoms with van der Waals surface area (Å²) in [4.78, 5) is 20.8. The second-order valence-electron chi connectivity index (χ2n) is 7.09. The molecule has 2 N–H and O–H groups in total. The Bertz CT molecular complexity index is 1090. The van der Waals surface area contributed by atoms with Crippen molar-refractivity contribution in [3.8, 4) is 11.8 Å². The van der Waals surface area contributed by atoms with Crippen molar-refractivity contribution in [2.24, 2.45) is 5.92 Å². The predicted molar refractivity (Wildman–Crippen MR) is 108 cm³/mol. The summed E-state index contributed by atoms with van der Waals surface area (Å²) in [7, 11) is 1.66. The molecule has 0 radical (unpaired) electrons. The summed E-state index contributed by atoms with van der Waals surface area (Å²) in [5.74, 6) is 7.50. The highest BCUT2D eigenvalue weighted by atomic mass is 16.5. The summed E-state index contributed by atoms with van der Waals surface area (Å²) < 4.78 is 7.14. The predicted octanol–water partition coefficient (Wildman–Crippen LogP) is 3.04. The van der Waals surface area contributed by atoms with Crippen molar-refractivity contribution in [3.05, 3.63) is 53.5 Å². The maximum Gasteiger partial charge on any atom is 0.163 e. The summed E-state index contributed by atoms with van der Waals surface area (Å²) in [5.41, 5.74) is 9.10. The minimum atomic E-state index is 0.194. The van der Waals surface area contributed by atoms with Crippen LogP contribution in [0.3, 0.4) is 0 Å². The van der Waals surface area contributed by atoms with E-state index in [4.69, 9.17) is 10.5 Å². The Morgan fingerprint density at radius 3 is 2.96 bits per heavy atom. The highest BCUT2D eigenvalue weighted by Gasteiger charge is 2.24. The number of methoxy groups -OCH3 is 1. The fourth-order valence-corrected chi connectivity index (χ4v) is 3.21. The average molecular weight is 374 g/mol. The summed E-state index contributed by atoms with van der Waals surface area (Å²) in [5, 5.41) is 0.743. The summed E-state index contributed by atoms with van der Waals surface area (Å²) in [6.45, 7) is 1.21. The van der Waals surface area contributed by atoms with Crippen molar-refractivity contribution in [1.29, 1.82) is 0 Å². The Morgan fingerprint density at radius 2 is 2.18 bits per heavy atom. The molecule has 0 atom stereocenters. The maximum atomic E-state index is 12.3. The number of rotatable bonds is 6. The van der Waals surface area contributed by atoms with Gasteiger partial charge in [-0.2, -0.15) is 0 Å². The van der Waals surface area contributed by atoms with Gasteiger partial charge in [0.25, 0.3) is 0 Å². The number of nitrogens with zero attached hydrogens (tertiary/aromatic N) is 3. The lowest BCUT2D eigenvalue weighted by Crippen LogP contribution is -2.04. The molecule has 1 aliphatic carbocycles. The van der Waals surface area contributed by atoms with E-state index < -0.39 is 0 Å². The zero-order chi connectivity index (χ0) is 19.5. The van der Waals surface area contributed by atoms with E-state index in [-0.39, 0.29) is 5.78 Å². The quantitative estimate of drug-likeness (QED) is 0.530. The van der Waals surface area contributed by atoms with Gasteiger partial charge in [-0.05, 0) is 30.9 Å². The Morgan fingerprint density at radius 1 is 1.32 bits per heavy atom. The summed E-state index contributed by atoms with van der Waals surface area (Å²) in [6.07, 6.45) is 6.35. The lowest BCUT2D eigenvalue weighted by molar-refractivity contribution is 0.0976. The SMILES string of the molecule is COCCn1cc(C#Cc2cccc(C(=O)CC3CC3)c2)c2c(N)ncnc21. The zero-order valence-electron chi connectivity index (χ0n) is 15.8. The van der Waals surface area contributed by atoms with Crippen LogP contribution < -0.4 is 5.73 Å². The number of carbonyl (C=O) groups excluding carboxylic acids is 1. The normalized spacial score (nSPS) is 13.3. The minimum absolute atomic E-state index is 0.194. The van der Waals surface area contributed by atoms with Crippen LogP contribution in [0.25, 0.3) is 11.0 Å². The van der Waals surface area contributed by atoms with Gasteiger partial charge in [0.05, 0.1) is 17.6 Å². The molecule has 2 aromatic heterocycles. The molecule has 2 heterocycles. The van der Waals surface area contributed by atoms with Crippen molar-refractivity contribution in [3.63, 3.8) is 0 Å². The molecule has 6 heteroatoms. The molecule has 6 nitrogen and oxygen atoms in total. The number of ether oxygens (including phenoxy) is 1. The molecule has 28 heavy (non-hydrogen) atoms. The molecule has 0 bridgehead atoms. The number of hydrogen-bond donors (Lipinski definition) is 1. The minimum Gasteiger partial charge on any atom is -0.383 e. The molecule has 4 rings (SSSR count). The van der Waals surface area contributed by atoms with E-state index in [0.717, 1.165) is 27.7 Å². The summed E-state index contributed by atoms with van der Waals surface area (Å²) >= 11 is 0. The second-order valence-corrected chi connectivity index (χ2v) is 7.09. The van der Waals surface area contributed by atoms with Gasteiger partial charge >= 0.3 is 0 Å². The van der Waals surface area contributed by atoms with Gasteiger partial charge in [0.2, 0.25) is 0 Å². The third-order valence-corrected chi connectivity index (χ3v) is 4.92. The number of Topliss-reactive ketones (excluding diaryl/α,β-unsaturated/α-hetero) is 1. The van der Waals surface area contributed by atoms with Crippen molar-refractivity contribution in [2.75, 3.05) is 19.5 Å². The molecule has 3 aromatic rings. The molecular weight excluding hydrogens is 352 g/mol. The maximum absolute atomic E-state index is 12.3. The largest absolute Gasteiger partial charge is 0.383 e. The van der Waals surface area contributed by atoms with E-state index in [9.17, 15) is 4.79 Å². The van der Waals surface area contributed by atoms with E-state index in [1.807, 2.05) is 35.0 Å². The Hall–Kier alpha value is -3.17. The first-order chi connectivity index (χ1) is 13.7. The van der Waals surface area contributed by atoms with Crippen LogP contribution in [-0.4, -0.2) is 34.0 Å². The lowest BCUT2D eigenvalue weighted by Gasteiger charge is -2.02. The first-order valence-electron chi connectivity index (χ1n) is 9.39. The van der Waals surface area contributed by atoms with E-state index in [0.29, 0.717) is 31.3 Å². The molecule has 0 spiro atoms. The van der Waals surface area contributed by atoms with Crippen LogP contribution in [0.15, 0.2) is 36.8 Å². The number of hydrogen-bond acceptors (Lipinski definition) is 5. The third kappa shape index (κ3) is 3.90. The number of nitrogen functional groups attached to an aromatic ring is 1. The number of nitrogens with two attached hydrogens (primary N) is 1. The summed E-state index contributed by atoms with van der Waals surface area (Å²) in [6, 6.07) is 7.51. The number of benzene rings is 1. The number of aromatic nitrogens is 3. The van der Waals surface area contributed by atoms with Crippen LogP contribution in [0.5, 0.6) is 0 Å². The number of fused-ring (bicyclic) bond motifs is 1. The van der Waals surface area contributed by atoms with E-state index in [1.54, 1.807) is 7.11 Å². The molecule has 0 amide bonds. The van der Waals surface area contributed by atoms with E-state index in [1.165, 1.54) is 19.2 Å². The molecule has 0 unspecified atom stereocenters. The average Bonchev–Trinajstić information content (AvgIpc) is 3.44. The van der Waals surface area contributed by atoms with Gasteiger partial charge in [-0.3, -0.25) is 4.79 Å².